The summed E-state index contributed by atoms with van der Waals surface area (Å²) >= 11 is 0. The predicted molar refractivity (Wildman–Crippen MR) is 118 cm³/mol. The standard InChI is InChI=1S/C22H38BN3O5/c1-15(2)11-19(23-30-14-21(28)31-23)25-20(27)13-24-22(29)18-9-10-26(18)17-8-6-4-5-7-16(3)12-17/h15-19H,4-14H2,1-3H3,(H,24,29)(H,25,27)/t16?,17?,18-,19-/m0/s1. The first-order chi connectivity index (χ1) is 14.8. The van der Waals surface area contributed by atoms with Crippen molar-refractivity contribution in [2.24, 2.45) is 11.8 Å². The van der Waals surface area contributed by atoms with Gasteiger partial charge < -0.3 is 19.9 Å². The molecule has 2 amide bonds. The average molecular weight is 435 g/mol. The van der Waals surface area contributed by atoms with Crippen LogP contribution in [0, 0.1) is 11.8 Å². The summed E-state index contributed by atoms with van der Waals surface area (Å²) in [5.41, 5.74) is 0. The number of hydrogen-bond donors (Lipinski definition) is 2. The lowest BCUT2D eigenvalue weighted by Crippen LogP contribution is -2.61. The lowest BCUT2D eigenvalue weighted by molar-refractivity contribution is -0.135. The molecule has 1 saturated carbocycles. The fraction of sp³-hybridized carbons (Fsp3) is 0.864. The van der Waals surface area contributed by atoms with Gasteiger partial charge in [0.1, 0.15) is 6.61 Å². The van der Waals surface area contributed by atoms with E-state index in [1.54, 1.807) is 0 Å². The second-order valence-corrected chi connectivity index (χ2v) is 9.87. The molecule has 0 radical (unpaired) electrons. The van der Waals surface area contributed by atoms with Crippen molar-refractivity contribution in [3.8, 4) is 0 Å². The van der Waals surface area contributed by atoms with Crippen LogP contribution in [-0.2, 0) is 23.7 Å². The van der Waals surface area contributed by atoms with Crippen molar-refractivity contribution < 1.29 is 23.7 Å². The van der Waals surface area contributed by atoms with E-state index < -0.39 is 19.0 Å². The lowest BCUT2D eigenvalue weighted by Gasteiger charge is -2.46. The van der Waals surface area contributed by atoms with E-state index in [9.17, 15) is 14.4 Å². The molecule has 174 valence electrons. The molecular weight excluding hydrogens is 397 g/mol. The summed E-state index contributed by atoms with van der Waals surface area (Å²) in [6.07, 6.45) is 8.88. The number of nitrogens with one attached hydrogen (secondary N) is 2. The molecule has 8 nitrogen and oxygen atoms in total. The van der Waals surface area contributed by atoms with Crippen LogP contribution in [0.5, 0.6) is 0 Å². The molecule has 1 aliphatic carbocycles. The zero-order chi connectivity index (χ0) is 22.4. The van der Waals surface area contributed by atoms with Gasteiger partial charge in [0.05, 0.1) is 18.5 Å². The van der Waals surface area contributed by atoms with E-state index in [2.05, 4.69) is 22.5 Å². The van der Waals surface area contributed by atoms with Crippen LogP contribution in [-0.4, -0.2) is 67.5 Å². The number of carbonyl (C=O) groups is 3. The molecule has 9 heteroatoms. The topological polar surface area (TPSA) is 97.0 Å². The maximum absolute atomic E-state index is 12.8. The Hall–Kier alpha value is -1.61. The van der Waals surface area contributed by atoms with Gasteiger partial charge in [-0.2, -0.15) is 0 Å². The zero-order valence-electron chi connectivity index (χ0n) is 19.2. The normalized spacial score (nSPS) is 28.3. The van der Waals surface area contributed by atoms with Crippen LogP contribution in [0.4, 0.5) is 0 Å². The van der Waals surface area contributed by atoms with E-state index in [-0.39, 0.29) is 36.9 Å². The molecule has 0 aromatic rings. The molecule has 0 spiro atoms. The average Bonchev–Trinajstić information content (AvgIpc) is 3.08. The van der Waals surface area contributed by atoms with E-state index in [1.165, 1.54) is 25.7 Å². The van der Waals surface area contributed by atoms with Crippen molar-refractivity contribution in [2.45, 2.75) is 90.2 Å². The highest BCUT2D eigenvalue weighted by molar-refractivity contribution is 6.51. The molecule has 3 fully saturated rings. The highest BCUT2D eigenvalue weighted by Gasteiger charge is 2.41. The first kappa shape index (κ1) is 24.0. The Balaban J connectivity index is 1.46. The van der Waals surface area contributed by atoms with Crippen molar-refractivity contribution in [3.05, 3.63) is 0 Å². The minimum Gasteiger partial charge on any atom is -0.507 e. The third kappa shape index (κ3) is 6.94. The molecule has 2 N–H and O–H groups in total. The third-order valence-corrected chi connectivity index (χ3v) is 6.68. The van der Waals surface area contributed by atoms with Gasteiger partial charge in [-0.1, -0.05) is 46.5 Å². The van der Waals surface area contributed by atoms with Crippen molar-refractivity contribution >= 4 is 24.9 Å². The number of amides is 2. The van der Waals surface area contributed by atoms with Gasteiger partial charge in [0.15, 0.2) is 0 Å². The van der Waals surface area contributed by atoms with Crippen LogP contribution >= 0.6 is 0 Å². The van der Waals surface area contributed by atoms with Crippen LogP contribution in [0.1, 0.15) is 72.1 Å². The van der Waals surface area contributed by atoms with Gasteiger partial charge in [0, 0.05) is 12.6 Å². The minimum absolute atomic E-state index is 0.0694. The summed E-state index contributed by atoms with van der Waals surface area (Å²) in [4.78, 5) is 38.9. The molecule has 31 heavy (non-hydrogen) atoms. The number of hydrogen-bond acceptors (Lipinski definition) is 6. The summed E-state index contributed by atoms with van der Waals surface area (Å²) in [5.74, 6) is -0.221. The second-order valence-electron chi connectivity index (χ2n) is 9.87. The molecule has 2 saturated heterocycles. The van der Waals surface area contributed by atoms with Crippen molar-refractivity contribution in [1.82, 2.24) is 15.5 Å². The van der Waals surface area contributed by atoms with Crippen LogP contribution < -0.4 is 10.6 Å². The zero-order valence-corrected chi connectivity index (χ0v) is 19.2. The highest BCUT2D eigenvalue weighted by atomic mass is 16.7. The second kappa shape index (κ2) is 11.3. The number of likely N-dealkylation sites (tertiary alicyclic amines) is 1. The summed E-state index contributed by atoms with van der Waals surface area (Å²) < 4.78 is 10.5. The molecular formula is C22H38BN3O5. The SMILES string of the molecule is CC(C)C[C@H](NC(=O)CNC(=O)[C@@H]1CCN1C1CCCCCC(C)C1)B1OCC(=O)O1. The lowest BCUT2D eigenvalue weighted by atomic mass is 9.74. The largest absolute Gasteiger partial charge is 0.551 e. The van der Waals surface area contributed by atoms with E-state index >= 15 is 0 Å². The first-order valence-corrected chi connectivity index (χ1v) is 12.0. The van der Waals surface area contributed by atoms with Crippen LogP contribution in [0.3, 0.4) is 0 Å². The Morgan fingerprint density at radius 3 is 2.61 bits per heavy atom. The predicted octanol–water partition coefficient (Wildman–Crippen LogP) is 1.67. The maximum Gasteiger partial charge on any atom is 0.551 e. The smallest absolute Gasteiger partial charge is 0.507 e. The summed E-state index contributed by atoms with van der Waals surface area (Å²) in [7, 11) is -0.766. The van der Waals surface area contributed by atoms with Gasteiger partial charge >= 0.3 is 13.1 Å². The molecule has 2 heterocycles. The molecule has 0 bridgehead atoms. The van der Waals surface area contributed by atoms with E-state index in [0.29, 0.717) is 18.4 Å². The summed E-state index contributed by atoms with van der Waals surface area (Å²) in [6.45, 7) is 7.15. The minimum atomic E-state index is -0.766. The summed E-state index contributed by atoms with van der Waals surface area (Å²) in [5, 5.41) is 5.68. The third-order valence-electron chi connectivity index (χ3n) is 6.68. The van der Waals surface area contributed by atoms with Crippen molar-refractivity contribution in [1.29, 1.82) is 0 Å². The number of nitrogens with zero attached hydrogens (tertiary/aromatic N) is 1. The Morgan fingerprint density at radius 1 is 1.19 bits per heavy atom. The molecule has 2 unspecified atom stereocenters. The van der Waals surface area contributed by atoms with Gasteiger partial charge in [-0.25, -0.2) is 0 Å². The highest BCUT2D eigenvalue weighted by Crippen LogP contribution is 2.31. The molecule has 0 aromatic heterocycles. The van der Waals surface area contributed by atoms with Gasteiger partial charge in [-0.15, -0.1) is 0 Å². The monoisotopic (exact) mass is 435 g/mol. The Kier molecular flexibility index (Phi) is 8.78. The fourth-order valence-corrected chi connectivity index (χ4v) is 5.01. The van der Waals surface area contributed by atoms with Gasteiger partial charge in [0.25, 0.3) is 0 Å². The van der Waals surface area contributed by atoms with E-state index in [4.69, 9.17) is 9.31 Å². The summed E-state index contributed by atoms with van der Waals surface area (Å²) in [6, 6.07) is 0.341. The van der Waals surface area contributed by atoms with E-state index in [0.717, 1.165) is 25.8 Å². The molecule has 4 atom stereocenters. The molecule has 0 aromatic carbocycles. The number of rotatable bonds is 8. The van der Waals surface area contributed by atoms with Gasteiger partial charge in [-0.3, -0.25) is 19.3 Å². The molecule has 2 aliphatic heterocycles. The molecule has 3 aliphatic rings. The van der Waals surface area contributed by atoms with Crippen LogP contribution in [0.15, 0.2) is 0 Å². The Labute approximate surface area is 186 Å². The maximum atomic E-state index is 12.8. The van der Waals surface area contributed by atoms with Gasteiger partial charge in [0.2, 0.25) is 11.8 Å². The number of carbonyl (C=O) groups excluding carboxylic acids is 3. The molecule has 3 rings (SSSR count). The van der Waals surface area contributed by atoms with Crippen LogP contribution in [0.2, 0.25) is 0 Å². The van der Waals surface area contributed by atoms with Crippen molar-refractivity contribution in [3.63, 3.8) is 0 Å². The van der Waals surface area contributed by atoms with E-state index in [1.807, 2.05) is 13.8 Å². The first-order valence-electron chi connectivity index (χ1n) is 12.0. The van der Waals surface area contributed by atoms with Crippen molar-refractivity contribution in [2.75, 3.05) is 19.7 Å². The Morgan fingerprint density at radius 2 is 1.97 bits per heavy atom. The fourth-order valence-electron chi connectivity index (χ4n) is 5.01. The Bertz CT molecular complexity index is 647. The quantitative estimate of drug-likeness (QED) is 0.563. The van der Waals surface area contributed by atoms with Crippen LogP contribution in [0.25, 0.3) is 0 Å². The van der Waals surface area contributed by atoms with Gasteiger partial charge in [-0.05, 0) is 37.5 Å².